The first-order chi connectivity index (χ1) is 8.88. The first-order valence-corrected chi connectivity index (χ1v) is 7.07. The normalized spacial score (nSPS) is 17.6. The van der Waals surface area contributed by atoms with Gasteiger partial charge in [0.2, 0.25) is 0 Å². The van der Waals surface area contributed by atoms with Gasteiger partial charge in [0.1, 0.15) is 0 Å². The number of hydrogen-bond donors (Lipinski definition) is 0. The molecule has 6 heteroatoms. The fourth-order valence-corrected chi connectivity index (χ4v) is 2.76. The van der Waals surface area contributed by atoms with Crippen molar-refractivity contribution >= 4 is 28.5 Å². The number of halogens is 4. The van der Waals surface area contributed by atoms with Gasteiger partial charge in [0.25, 0.3) is 5.91 Å². The van der Waals surface area contributed by atoms with Crippen LogP contribution in [0.4, 0.5) is 13.2 Å². The van der Waals surface area contributed by atoms with Crippen LogP contribution in [0.5, 0.6) is 0 Å². The van der Waals surface area contributed by atoms with Crippen LogP contribution < -0.4 is 0 Å². The van der Waals surface area contributed by atoms with Crippen molar-refractivity contribution in [2.24, 2.45) is 5.92 Å². The Balaban J connectivity index is 2.00. The number of alkyl halides is 3. The van der Waals surface area contributed by atoms with Gasteiger partial charge in [0.15, 0.2) is 0 Å². The number of rotatable bonds is 1. The van der Waals surface area contributed by atoms with Crippen LogP contribution in [0, 0.1) is 9.49 Å². The van der Waals surface area contributed by atoms with Crippen LogP contribution in [-0.2, 0) is 0 Å². The molecule has 1 amide bonds. The monoisotopic (exact) mass is 383 g/mol. The van der Waals surface area contributed by atoms with E-state index in [0.29, 0.717) is 5.56 Å². The first-order valence-electron chi connectivity index (χ1n) is 5.99. The van der Waals surface area contributed by atoms with Gasteiger partial charge in [-0.2, -0.15) is 13.2 Å². The minimum atomic E-state index is -4.14. The van der Waals surface area contributed by atoms with Crippen LogP contribution in [0.15, 0.2) is 24.3 Å². The van der Waals surface area contributed by atoms with Crippen molar-refractivity contribution in [2.45, 2.75) is 19.0 Å². The van der Waals surface area contributed by atoms with Gasteiger partial charge in [-0.15, -0.1) is 0 Å². The topological polar surface area (TPSA) is 20.3 Å². The van der Waals surface area contributed by atoms with E-state index in [0.717, 1.165) is 3.57 Å². The van der Waals surface area contributed by atoms with E-state index < -0.39 is 12.1 Å². The molecule has 19 heavy (non-hydrogen) atoms. The molecule has 0 bridgehead atoms. The van der Waals surface area contributed by atoms with Gasteiger partial charge in [-0.1, -0.05) is 6.07 Å². The lowest BCUT2D eigenvalue weighted by Crippen LogP contribution is -2.42. The summed E-state index contributed by atoms with van der Waals surface area (Å²) in [6.45, 7) is 0.350. The van der Waals surface area contributed by atoms with Crippen molar-refractivity contribution in [2.75, 3.05) is 13.1 Å². The van der Waals surface area contributed by atoms with Gasteiger partial charge < -0.3 is 4.90 Å². The Kier molecular flexibility index (Phi) is 4.37. The van der Waals surface area contributed by atoms with E-state index >= 15 is 0 Å². The average Bonchev–Trinajstić information content (AvgIpc) is 2.37. The third-order valence-electron chi connectivity index (χ3n) is 3.32. The predicted molar refractivity (Wildman–Crippen MR) is 73.8 cm³/mol. The van der Waals surface area contributed by atoms with Gasteiger partial charge in [-0.25, -0.2) is 0 Å². The molecule has 1 aromatic carbocycles. The lowest BCUT2D eigenvalue weighted by molar-refractivity contribution is -0.183. The van der Waals surface area contributed by atoms with Crippen molar-refractivity contribution in [1.82, 2.24) is 4.90 Å². The highest BCUT2D eigenvalue weighted by Crippen LogP contribution is 2.34. The van der Waals surface area contributed by atoms with E-state index in [-0.39, 0.29) is 31.8 Å². The maximum Gasteiger partial charge on any atom is 0.391 e. The average molecular weight is 383 g/mol. The van der Waals surface area contributed by atoms with E-state index in [2.05, 4.69) is 22.6 Å². The third-order valence-corrected chi connectivity index (χ3v) is 3.99. The molecule has 2 rings (SSSR count). The zero-order valence-electron chi connectivity index (χ0n) is 10.1. The number of carbonyl (C=O) groups excluding carboxylic acids is 1. The molecule has 0 aliphatic carbocycles. The fourth-order valence-electron chi connectivity index (χ4n) is 2.21. The van der Waals surface area contributed by atoms with E-state index in [1.54, 1.807) is 18.2 Å². The van der Waals surface area contributed by atoms with E-state index in [1.165, 1.54) is 4.90 Å². The Bertz CT molecular complexity index is 467. The quantitative estimate of drug-likeness (QED) is 0.678. The van der Waals surface area contributed by atoms with E-state index in [9.17, 15) is 18.0 Å². The van der Waals surface area contributed by atoms with Crippen LogP contribution in [0.1, 0.15) is 23.2 Å². The molecule has 0 aromatic heterocycles. The molecule has 0 unspecified atom stereocenters. The molecule has 1 fully saturated rings. The molecule has 1 heterocycles. The van der Waals surface area contributed by atoms with E-state index in [4.69, 9.17) is 0 Å². The standard InChI is InChI=1S/C13H13F3INO/c14-13(15,16)10-4-6-18(7-5-10)12(19)9-2-1-3-11(17)8-9/h1-3,8,10H,4-7H2. The van der Waals surface area contributed by atoms with Crippen molar-refractivity contribution in [1.29, 1.82) is 0 Å². The van der Waals surface area contributed by atoms with Crippen LogP contribution >= 0.6 is 22.6 Å². The summed E-state index contributed by atoms with van der Waals surface area (Å²) in [5.74, 6) is -1.45. The second-order valence-corrected chi connectivity index (χ2v) is 5.86. The zero-order chi connectivity index (χ0) is 14.0. The lowest BCUT2D eigenvalue weighted by Gasteiger charge is -2.33. The van der Waals surface area contributed by atoms with Crippen molar-refractivity contribution < 1.29 is 18.0 Å². The number of likely N-dealkylation sites (tertiary alicyclic amines) is 1. The van der Waals surface area contributed by atoms with Crippen LogP contribution in [0.3, 0.4) is 0 Å². The molecule has 1 aliphatic heterocycles. The van der Waals surface area contributed by atoms with Crippen molar-refractivity contribution in [3.05, 3.63) is 33.4 Å². The number of hydrogen-bond acceptors (Lipinski definition) is 1. The maximum atomic E-state index is 12.5. The summed E-state index contributed by atoms with van der Waals surface area (Å²) in [4.78, 5) is 13.7. The molecule has 0 atom stereocenters. The van der Waals surface area contributed by atoms with Crippen molar-refractivity contribution in [3.63, 3.8) is 0 Å². The summed E-state index contributed by atoms with van der Waals surface area (Å²) in [7, 11) is 0. The summed E-state index contributed by atoms with van der Waals surface area (Å²) in [6, 6.07) is 7.09. The molecule has 0 radical (unpaired) electrons. The third kappa shape index (κ3) is 3.61. The molecule has 1 saturated heterocycles. The number of carbonyl (C=O) groups is 1. The Morgan fingerprint density at radius 3 is 2.42 bits per heavy atom. The molecule has 0 N–H and O–H groups in total. The highest BCUT2D eigenvalue weighted by molar-refractivity contribution is 14.1. The Labute approximate surface area is 123 Å². The summed E-state index contributed by atoms with van der Waals surface area (Å²) in [6.07, 6.45) is -4.14. The zero-order valence-corrected chi connectivity index (χ0v) is 12.2. The SMILES string of the molecule is O=C(c1cccc(I)c1)N1CCC(C(F)(F)F)CC1. The summed E-state index contributed by atoms with van der Waals surface area (Å²) < 4.78 is 38.6. The highest BCUT2D eigenvalue weighted by atomic mass is 127. The summed E-state index contributed by atoms with van der Waals surface area (Å²) >= 11 is 2.10. The minimum absolute atomic E-state index is 0.000828. The molecule has 1 aliphatic rings. The second-order valence-electron chi connectivity index (χ2n) is 4.62. The Morgan fingerprint density at radius 1 is 1.26 bits per heavy atom. The van der Waals surface area contributed by atoms with Gasteiger partial charge in [0.05, 0.1) is 5.92 Å². The molecule has 104 valence electrons. The van der Waals surface area contributed by atoms with Gasteiger partial charge in [-0.3, -0.25) is 4.79 Å². The summed E-state index contributed by atoms with van der Waals surface area (Å²) in [5, 5.41) is 0. The lowest BCUT2D eigenvalue weighted by atomic mass is 9.96. The van der Waals surface area contributed by atoms with Gasteiger partial charge >= 0.3 is 6.18 Å². The van der Waals surface area contributed by atoms with Crippen molar-refractivity contribution in [3.8, 4) is 0 Å². The molecule has 1 aromatic rings. The second kappa shape index (κ2) is 5.68. The fraction of sp³-hybridized carbons (Fsp3) is 0.462. The largest absolute Gasteiger partial charge is 0.391 e. The number of benzene rings is 1. The molecule has 2 nitrogen and oxygen atoms in total. The smallest absolute Gasteiger partial charge is 0.339 e. The van der Waals surface area contributed by atoms with Crippen LogP contribution in [0.25, 0.3) is 0 Å². The van der Waals surface area contributed by atoms with Crippen LogP contribution in [0.2, 0.25) is 0 Å². The Morgan fingerprint density at radius 2 is 1.89 bits per heavy atom. The van der Waals surface area contributed by atoms with Gasteiger partial charge in [0, 0.05) is 22.2 Å². The number of amides is 1. The summed E-state index contributed by atoms with van der Waals surface area (Å²) in [5.41, 5.74) is 0.539. The molecular weight excluding hydrogens is 370 g/mol. The molecular formula is C13H13F3INO. The molecule has 0 spiro atoms. The minimum Gasteiger partial charge on any atom is -0.339 e. The maximum absolute atomic E-state index is 12.5. The molecule has 0 saturated carbocycles. The number of piperidine rings is 1. The van der Waals surface area contributed by atoms with Crippen LogP contribution in [-0.4, -0.2) is 30.1 Å². The highest BCUT2D eigenvalue weighted by Gasteiger charge is 2.41. The Hall–Kier alpha value is -0.790. The number of nitrogens with zero attached hydrogens (tertiary/aromatic N) is 1. The predicted octanol–water partition coefficient (Wildman–Crippen LogP) is 3.71. The van der Waals surface area contributed by atoms with Gasteiger partial charge in [-0.05, 0) is 53.6 Å². The first kappa shape index (κ1) is 14.6. The van der Waals surface area contributed by atoms with E-state index in [1.807, 2.05) is 6.07 Å².